The second-order valence-corrected chi connectivity index (χ2v) is 6.85. The Balaban J connectivity index is 1.68. The Labute approximate surface area is 144 Å². The summed E-state index contributed by atoms with van der Waals surface area (Å²) in [6.07, 6.45) is 0.615. The lowest BCUT2D eigenvalue weighted by atomic mass is 10.1. The molecule has 2 saturated heterocycles. The number of hydrogen-bond donors (Lipinski definition) is 1. The Morgan fingerprint density at radius 1 is 1.36 bits per heavy atom. The first-order valence-electron chi connectivity index (χ1n) is 7.52. The molecule has 0 aromatic carbocycles. The molecule has 0 radical (unpaired) electrons. The third-order valence-electron chi connectivity index (χ3n) is 4.12. The van der Waals surface area contributed by atoms with Crippen molar-refractivity contribution in [3.8, 4) is 0 Å². The van der Waals surface area contributed by atoms with Crippen molar-refractivity contribution in [1.82, 2.24) is 19.5 Å². The summed E-state index contributed by atoms with van der Waals surface area (Å²) in [6, 6.07) is 0. The molecule has 0 bridgehead atoms. The Morgan fingerprint density at radius 3 is 2.88 bits per heavy atom. The summed E-state index contributed by atoms with van der Waals surface area (Å²) in [7, 11) is 0. The molecule has 0 saturated carbocycles. The molecule has 4 heterocycles. The van der Waals surface area contributed by atoms with Crippen molar-refractivity contribution >= 4 is 28.3 Å². The van der Waals surface area contributed by atoms with E-state index in [0.717, 1.165) is 0 Å². The summed E-state index contributed by atoms with van der Waals surface area (Å²) in [6.45, 7) is 3.37. The van der Waals surface area contributed by atoms with E-state index in [1.807, 2.05) is 0 Å². The molecule has 2 N–H and O–H groups in total. The van der Waals surface area contributed by atoms with Crippen molar-refractivity contribution in [2.45, 2.75) is 44.2 Å². The molecule has 12 heteroatoms. The van der Waals surface area contributed by atoms with Crippen LogP contribution in [-0.2, 0) is 29.8 Å². The van der Waals surface area contributed by atoms with Gasteiger partial charge in [-0.2, -0.15) is 0 Å². The number of anilines is 1. The van der Waals surface area contributed by atoms with Gasteiger partial charge >= 0.3 is 0 Å². The van der Waals surface area contributed by atoms with E-state index in [4.69, 9.17) is 19.9 Å². The number of fused-ring (bicyclic) bond motifs is 2. The lowest BCUT2D eigenvalue weighted by Gasteiger charge is -2.24. The minimum atomic E-state index is -2.64. The highest BCUT2D eigenvalue weighted by Gasteiger charge is 2.56. The van der Waals surface area contributed by atoms with Gasteiger partial charge in [0.25, 0.3) is 0 Å². The van der Waals surface area contributed by atoms with Crippen LogP contribution in [0, 0.1) is 0 Å². The molecular formula is C13H16N5O6S-. The number of rotatable bonds is 4. The fraction of sp³-hybridized carbons (Fsp3) is 0.615. The second-order valence-electron chi connectivity index (χ2n) is 6.20. The van der Waals surface area contributed by atoms with Crippen LogP contribution in [0.1, 0.15) is 20.1 Å². The van der Waals surface area contributed by atoms with Gasteiger partial charge in [-0.15, -0.1) is 0 Å². The van der Waals surface area contributed by atoms with E-state index >= 15 is 0 Å². The van der Waals surface area contributed by atoms with Crippen molar-refractivity contribution in [1.29, 1.82) is 0 Å². The van der Waals surface area contributed by atoms with Crippen LogP contribution in [0.15, 0.2) is 12.7 Å². The van der Waals surface area contributed by atoms with Gasteiger partial charge in [-0.25, -0.2) is 19.2 Å². The first-order chi connectivity index (χ1) is 11.9. The van der Waals surface area contributed by atoms with Gasteiger partial charge in [0.05, 0.1) is 24.3 Å². The molecule has 2 aliphatic rings. The molecule has 2 aromatic rings. The largest absolute Gasteiger partial charge is 0.750 e. The summed E-state index contributed by atoms with van der Waals surface area (Å²) in [5.74, 6) is -0.583. The minimum absolute atomic E-state index is 0.184. The van der Waals surface area contributed by atoms with E-state index in [2.05, 4.69) is 19.1 Å². The molecule has 0 aliphatic carbocycles. The summed E-state index contributed by atoms with van der Waals surface area (Å²) < 4.78 is 45.5. The zero-order valence-electron chi connectivity index (χ0n) is 13.4. The maximum absolute atomic E-state index is 10.7. The van der Waals surface area contributed by atoms with Gasteiger partial charge in [-0.3, -0.25) is 8.75 Å². The van der Waals surface area contributed by atoms with Gasteiger partial charge in [0.2, 0.25) is 0 Å². The van der Waals surface area contributed by atoms with Crippen LogP contribution in [0.4, 0.5) is 5.82 Å². The Bertz CT molecular complexity index is 828. The molecule has 4 rings (SSSR count). The zero-order chi connectivity index (χ0) is 17.8. The maximum Gasteiger partial charge on any atom is 0.167 e. The number of nitrogen functional groups attached to an aromatic ring is 1. The number of nitrogens with zero attached hydrogens (tertiary/aromatic N) is 4. The van der Waals surface area contributed by atoms with Crippen molar-refractivity contribution in [3.05, 3.63) is 12.7 Å². The van der Waals surface area contributed by atoms with E-state index in [1.54, 1.807) is 18.4 Å². The van der Waals surface area contributed by atoms with Gasteiger partial charge < -0.3 is 24.5 Å². The van der Waals surface area contributed by atoms with Gasteiger partial charge in [0.1, 0.15) is 30.2 Å². The van der Waals surface area contributed by atoms with Gasteiger partial charge in [-0.1, -0.05) is 0 Å². The third kappa shape index (κ3) is 2.90. The zero-order valence-corrected chi connectivity index (χ0v) is 14.2. The average molecular weight is 370 g/mol. The lowest BCUT2D eigenvalue weighted by Crippen LogP contribution is -2.33. The van der Waals surface area contributed by atoms with Crippen molar-refractivity contribution < 1.29 is 27.2 Å². The fourth-order valence-electron chi connectivity index (χ4n) is 3.20. The van der Waals surface area contributed by atoms with Crippen molar-refractivity contribution in [2.24, 2.45) is 0 Å². The van der Waals surface area contributed by atoms with E-state index in [9.17, 15) is 8.76 Å². The molecule has 0 spiro atoms. The van der Waals surface area contributed by atoms with Crippen LogP contribution >= 0.6 is 0 Å². The second kappa shape index (κ2) is 5.93. The lowest BCUT2D eigenvalue weighted by molar-refractivity contribution is -0.198. The topological polar surface area (TPSA) is 147 Å². The molecule has 2 fully saturated rings. The predicted molar refractivity (Wildman–Crippen MR) is 82.3 cm³/mol. The van der Waals surface area contributed by atoms with E-state index < -0.39 is 41.7 Å². The summed E-state index contributed by atoms with van der Waals surface area (Å²) in [4.78, 5) is 12.3. The van der Waals surface area contributed by atoms with E-state index in [-0.39, 0.29) is 12.4 Å². The van der Waals surface area contributed by atoms with Crippen LogP contribution < -0.4 is 5.73 Å². The molecule has 136 valence electrons. The Kier molecular flexibility index (Phi) is 3.97. The van der Waals surface area contributed by atoms with Crippen LogP contribution in [-0.4, -0.2) is 59.0 Å². The molecule has 1 unspecified atom stereocenters. The predicted octanol–water partition coefficient (Wildman–Crippen LogP) is -0.363. The Morgan fingerprint density at radius 2 is 2.12 bits per heavy atom. The van der Waals surface area contributed by atoms with E-state index in [0.29, 0.717) is 11.2 Å². The van der Waals surface area contributed by atoms with Crippen molar-refractivity contribution in [2.75, 3.05) is 12.3 Å². The number of aromatic nitrogens is 4. The first-order valence-corrected chi connectivity index (χ1v) is 8.52. The molecule has 2 aromatic heterocycles. The number of nitrogens with two attached hydrogens (primary N) is 1. The minimum Gasteiger partial charge on any atom is -0.750 e. The third-order valence-corrected chi connectivity index (χ3v) is 4.44. The first kappa shape index (κ1) is 16.8. The van der Waals surface area contributed by atoms with Gasteiger partial charge in [-0.05, 0) is 13.8 Å². The normalized spacial score (nSPS) is 32.1. The fourth-order valence-corrected chi connectivity index (χ4v) is 3.44. The highest BCUT2D eigenvalue weighted by Crippen LogP contribution is 2.43. The molecule has 0 amide bonds. The van der Waals surface area contributed by atoms with Crippen LogP contribution in [0.25, 0.3) is 11.2 Å². The summed E-state index contributed by atoms with van der Waals surface area (Å²) in [5.41, 5.74) is 6.74. The summed E-state index contributed by atoms with van der Waals surface area (Å²) >= 11 is -2.64. The molecule has 2 aliphatic heterocycles. The van der Waals surface area contributed by atoms with Crippen molar-refractivity contribution in [3.63, 3.8) is 0 Å². The van der Waals surface area contributed by atoms with Gasteiger partial charge in [0.15, 0.2) is 23.5 Å². The monoisotopic (exact) mass is 370 g/mol. The van der Waals surface area contributed by atoms with Gasteiger partial charge in [0, 0.05) is 0 Å². The maximum atomic E-state index is 10.7. The number of ether oxygens (including phenoxy) is 3. The van der Waals surface area contributed by atoms with Crippen LogP contribution in [0.5, 0.6) is 0 Å². The number of imidazole rings is 1. The standard InChI is InChI=1S/C13H17N5O6S/c1-13(2)23-8-6(3-21-25(19)20)22-12(9(8)24-13)18-5-17-7-10(14)15-4-16-11(7)18/h4-6,8-9,12H,3H2,1-2H3,(H,19,20)(H2,14,15,16)/p-1/t6-,8-,9-,12-/m1/s1. The summed E-state index contributed by atoms with van der Waals surface area (Å²) in [5, 5.41) is 0. The highest BCUT2D eigenvalue weighted by molar-refractivity contribution is 7.74. The molecule has 11 nitrogen and oxygen atoms in total. The molecular weight excluding hydrogens is 354 g/mol. The van der Waals surface area contributed by atoms with E-state index in [1.165, 1.54) is 12.7 Å². The molecule has 25 heavy (non-hydrogen) atoms. The Hall–Kier alpha value is -1.70. The molecule has 5 atom stereocenters. The smallest absolute Gasteiger partial charge is 0.167 e. The number of hydrogen-bond acceptors (Lipinski definition) is 10. The van der Waals surface area contributed by atoms with Crippen LogP contribution in [0.3, 0.4) is 0 Å². The van der Waals surface area contributed by atoms with Crippen LogP contribution in [0.2, 0.25) is 0 Å². The SMILES string of the molecule is CC1(C)O[C@@H]2[C@H](O1)[C@@H](COS(=O)[O-])O[C@H]2n1cnc2c(N)ncnc21. The quantitative estimate of drug-likeness (QED) is 0.707. The average Bonchev–Trinajstić information content (AvgIpc) is 3.17. The highest BCUT2D eigenvalue weighted by atomic mass is 32.2.